The Morgan fingerprint density at radius 3 is 2.75 bits per heavy atom. The van der Waals surface area contributed by atoms with Gasteiger partial charge in [0.25, 0.3) is 0 Å². The number of alkyl carbamates (subject to hydrolysis) is 1. The molecule has 0 fully saturated rings. The topological polar surface area (TPSA) is 60.5 Å². The maximum absolute atomic E-state index is 11.8. The number of nitrogens with zero attached hydrogens (tertiary/aromatic N) is 1. The van der Waals surface area contributed by atoms with E-state index in [-0.39, 0.29) is 6.10 Å². The fourth-order valence-corrected chi connectivity index (χ4v) is 2.80. The van der Waals surface area contributed by atoms with E-state index in [0.29, 0.717) is 13.2 Å². The summed E-state index contributed by atoms with van der Waals surface area (Å²) >= 11 is 0. The molecular formula is C19H22N2O3. The third-order valence-electron chi connectivity index (χ3n) is 3.81. The van der Waals surface area contributed by atoms with E-state index >= 15 is 0 Å². The Kier molecular flexibility index (Phi) is 4.53. The highest BCUT2D eigenvalue weighted by atomic mass is 16.6. The van der Waals surface area contributed by atoms with Crippen molar-refractivity contribution < 1.29 is 14.3 Å². The number of fused-ring (bicyclic) bond motifs is 1. The van der Waals surface area contributed by atoms with Crippen LogP contribution in [-0.2, 0) is 16.1 Å². The van der Waals surface area contributed by atoms with Gasteiger partial charge in [-0.3, -0.25) is 4.98 Å². The van der Waals surface area contributed by atoms with Gasteiger partial charge in [0.2, 0.25) is 0 Å². The van der Waals surface area contributed by atoms with Gasteiger partial charge in [0.05, 0.1) is 13.2 Å². The van der Waals surface area contributed by atoms with Crippen molar-refractivity contribution in [2.75, 3.05) is 6.54 Å². The first-order valence-corrected chi connectivity index (χ1v) is 8.05. The van der Waals surface area contributed by atoms with E-state index in [0.717, 1.165) is 16.7 Å². The van der Waals surface area contributed by atoms with E-state index in [2.05, 4.69) is 22.4 Å². The van der Waals surface area contributed by atoms with Gasteiger partial charge in [-0.15, -0.1) is 0 Å². The molecule has 0 saturated heterocycles. The molecule has 0 spiro atoms. The molecule has 1 aliphatic rings. The summed E-state index contributed by atoms with van der Waals surface area (Å²) in [6.07, 6.45) is 2.98. The number of pyridine rings is 1. The Bertz CT molecular complexity index is 723. The minimum absolute atomic E-state index is 0.158. The molecule has 0 saturated carbocycles. The third-order valence-corrected chi connectivity index (χ3v) is 3.81. The summed E-state index contributed by atoms with van der Waals surface area (Å²) in [6.45, 7) is 6.45. The third kappa shape index (κ3) is 3.74. The maximum Gasteiger partial charge on any atom is 0.407 e. The average molecular weight is 326 g/mol. The lowest BCUT2D eigenvalue weighted by Gasteiger charge is -2.20. The lowest BCUT2D eigenvalue weighted by Crippen LogP contribution is -2.34. The smallest absolute Gasteiger partial charge is 0.407 e. The molecule has 126 valence electrons. The number of carbonyl (C=O) groups is 1. The normalized spacial score (nSPS) is 16.5. The molecule has 1 atom stereocenters. The van der Waals surface area contributed by atoms with Crippen molar-refractivity contribution in [3.05, 3.63) is 53.9 Å². The molecule has 5 heteroatoms. The fourth-order valence-electron chi connectivity index (χ4n) is 2.80. The number of ether oxygens (including phenoxy) is 2. The summed E-state index contributed by atoms with van der Waals surface area (Å²) < 4.78 is 11.1. The highest BCUT2D eigenvalue weighted by Crippen LogP contribution is 2.36. The molecule has 5 nitrogen and oxygen atoms in total. The van der Waals surface area contributed by atoms with E-state index in [4.69, 9.17) is 9.47 Å². The van der Waals surface area contributed by atoms with E-state index in [1.54, 1.807) is 12.4 Å². The van der Waals surface area contributed by atoms with Gasteiger partial charge in [-0.1, -0.05) is 18.2 Å². The average Bonchev–Trinajstić information content (AvgIpc) is 2.95. The van der Waals surface area contributed by atoms with Gasteiger partial charge in [0.1, 0.15) is 11.7 Å². The van der Waals surface area contributed by atoms with Crippen molar-refractivity contribution in [2.24, 2.45) is 0 Å². The van der Waals surface area contributed by atoms with E-state index in [9.17, 15) is 4.79 Å². The first kappa shape index (κ1) is 16.5. The van der Waals surface area contributed by atoms with Crippen LogP contribution >= 0.6 is 0 Å². The van der Waals surface area contributed by atoms with Crippen molar-refractivity contribution in [2.45, 2.75) is 39.1 Å². The molecule has 2 aromatic rings. The highest BCUT2D eigenvalue weighted by molar-refractivity contribution is 5.70. The first-order valence-electron chi connectivity index (χ1n) is 8.05. The summed E-state index contributed by atoms with van der Waals surface area (Å²) in [6, 6.07) is 10.1. The molecule has 1 amide bonds. The molecule has 0 bridgehead atoms. The number of amides is 1. The van der Waals surface area contributed by atoms with Crippen LogP contribution in [0.2, 0.25) is 0 Å². The molecule has 24 heavy (non-hydrogen) atoms. The molecule has 1 aromatic carbocycles. The molecular weight excluding hydrogens is 304 g/mol. The molecule has 0 radical (unpaired) electrons. The molecule has 0 unspecified atom stereocenters. The lowest BCUT2D eigenvalue weighted by molar-refractivity contribution is 0.0395. The monoisotopic (exact) mass is 326 g/mol. The van der Waals surface area contributed by atoms with Crippen molar-refractivity contribution in [3.63, 3.8) is 0 Å². The van der Waals surface area contributed by atoms with Gasteiger partial charge in [-0.2, -0.15) is 0 Å². The zero-order chi connectivity index (χ0) is 17.2. The minimum atomic E-state index is -0.507. The van der Waals surface area contributed by atoms with Crippen LogP contribution in [-0.4, -0.2) is 23.2 Å². The molecule has 3 rings (SSSR count). The van der Waals surface area contributed by atoms with Gasteiger partial charge in [0.15, 0.2) is 0 Å². The Hall–Kier alpha value is -2.40. The van der Waals surface area contributed by atoms with Crippen LogP contribution in [0.3, 0.4) is 0 Å². The van der Waals surface area contributed by atoms with Crippen molar-refractivity contribution in [1.82, 2.24) is 10.3 Å². The largest absolute Gasteiger partial charge is 0.444 e. The van der Waals surface area contributed by atoms with Crippen LogP contribution < -0.4 is 5.32 Å². The van der Waals surface area contributed by atoms with Crippen LogP contribution in [0, 0.1) is 0 Å². The Balaban J connectivity index is 1.73. The number of hydrogen-bond acceptors (Lipinski definition) is 4. The second-order valence-electron chi connectivity index (χ2n) is 6.79. The first-order chi connectivity index (χ1) is 11.4. The molecule has 0 aliphatic carbocycles. The Labute approximate surface area is 142 Å². The second-order valence-corrected chi connectivity index (χ2v) is 6.79. The van der Waals surface area contributed by atoms with Gasteiger partial charge < -0.3 is 14.8 Å². The standard InChI is InChI=1S/C19H22N2O3/c1-19(2,3)24-18(22)21-11-17-15-6-4-5-14(16(15)12-23-17)13-7-9-20-10-8-13/h4-10,17H,11-12H2,1-3H3,(H,21,22)/t17-/m1/s1. The second kappa shape index (κ2) is 6.61. The fraction of sp³-hybridized carbons (Fsp3) is 0.368. The molecule has 1 aliphatic heterocycles. The maximum atomic E-state index is 11.8. The Morgan fingerprint density at radius 1 is 1.29 bits per heavy atom. The van der Waals surface area contributed by atoms with Gasteiger partial charge in [0, 0.05) is 12.4 Å². The number of carbonyl (C=O) groups excluding carboxylic acids is 1. The van der Waals surface area contributed by atoms with Crippen molar-refractivity contribution >= 4 is 6.09 Å². The number of benzene rings is 1. The molecule has 1 aromatic heterocycles. The predicted molar refractivity (Wildman–Crippen MR) is 91.4 cm³/mol. The predicted octanol–water partition coefficient (Wildman–Crippen LogP) is 3.84. The highest BCUT2D eigenvalue weighted by Gasteiger charge is 2.26. The Morgan fingerprint density at radius 2 is 2.04 bits per heavy atom. The van der Waals surface area contributed by atoms with Crippen LogP contribution in [0.5, 0.6) is 0 Å². The van der Waals surface area contributed by atoms with Crippen LogP contribution in [0.4, 0.5) is 4.79 Å². The number of aromatic nitrogens is 1. The summed E-state index contributed by atoms with van der Waals surface area (Å²) in [5.74, 6) is 0. The molecule has 2 heterocycles. The van der Waals surface area contributed by atoms with Gasteiger partial charge in [-0.05, 0) is 55.2 Å². The summed E-state index contributed by atoms with van der Waals surface area (Å²) in [5.41, 5.74) is 4.04. The number of nitrogens with one attached hydrogen (secondary N) is 1. The van der Waals surface area contributed by atoms with E-state index in [1.807, 2.05) is 39.0 Å². The lowest BCUT2D eigenvalue weighted by atomic mass is 9.95. The zero-order valence-corrected chi connectivity index (χ0v) is 14.2. The van der Waals surface area contributed by atoms with Crippen LogP contribution in [0.25, 0.3) is 11.1 Å². The van der Waals surface area contributed by atoms with E-state index < -0.39 is 11.7 Å². The summed E-state index contributed by atoms with van der Waals surface area (Å²) in [7, 11) is 0. The van der Waals surface area contributed by atoms with Gasteiger partial charge in [-0.25, -0.2) is 4.79 Å². The summed E-state index contributed by atoms with van der Waals surface area (Å²) in [5, 5.41) is 2.79. The van der Waals surface area contributed by atoms with Crippen LogP contribution in [0.15, 0.2) is 42.7 Å². The SMILES string of the molecule is CC(C)(C)OC(=O)NC[C@H]1OCc2c(-c3ccncc3)cccc21. The summed E-state index contributed by atoms with van der Waals surface area (Å²) in [4.78, 5) is 15.9. The number of hydrogen-bond donors (Lipinski definition) is 1. The minimum Gasteiger partial charge on any atom is -0.444 e. The number of rotatable bonds is 3. The zero-order valence-electron chi connectivity index (χ0n) is 14.2. The van der Waals surface area contributed by atoms with Crippen molar-refractivity contribution in [3.8, 4) is 11.1 Å². The quantitative estimate of drug-likeness (QED) is 0.931. The van der Waals surface area contributed by atoms with Crippen LogP contribution in [0.1, 0.15) is 38.0 Å². The molecule has 1 N–H and O–H groups in total. The van der Waals surface area contributed by atoms with Crippen molar-refractivity contribution in [1.29, 1.82) is 0 Å². The van der Waals surface area contributed by atoms with Gasteiger partial charge >= 0.3 is 6.09 Å². The van der Waals surface area contributed by atoms with E-state index in [1.165, 1.54) is 5.56 Å².